The van der Waals surface area contributed by atoms with Crippen molar-refractivity contribution in [1.82, 2.24) is 15.5 Å². The molecule has 2 N–H and O–H groups in total. The van der Waals surface area contributed by atoms with Crippen LogP contribution >= 0.6 is 0 Å². The molecule has 0 spiro atoms. The first-order chi connectivity index (χ1) is 11.0. The molecule has 0 aromatic heterocycles. The molecule has 118 valence electrons. The molecule has 0 radical (unpaired) electrons. The van der Waals surface area contributed by atoms with E-state index >= 15 is 0 Å². The normalized spacial score (nSPS) is 20.3. The van der Waals surface area contributed by atoms with Gasteiger partial charge < -0.3 is 5.32 Å². The van der Waals surface area contributed by atoms with Crippen LogP contribution in [0.15, 0.2) is 18.2 Å². The van der Waals surface area contributed by atoms with Crippen molar-refractivity contribution in [3.8, 4) is 0 Å². The van der Waals surface area contributed by atoms with Gasteiger partial charge >= 0.3 is 0 Å². The minimum atomic E-state index is -0.994. The van der Waals surface area contributed by atoms with E-state index in [2.05, 4.69) is 10.6 Å². The van der Waals surface area contributed by atoms with Crippen molar-refractivity contribution in [1.29, 1.82) is 0 Å². The topological polar surface area (TPSA) is 113 Å². The number of hydrogen-bond acceptors (Lipinski definition) is 5. The second-order valence-corrected chi connectivity index (χ2v) is 5.29. The summed E-state index contributed by atoms with van der Waals surface area (Å²) in [6, 6.07) is 3.76. The summed E-state index contributed by atoms with van der Waals surface area (Å²) in [7, 11) is 0. The first kappa shape index (κ1) is 14.9. The molecular formula is C15H13N3O5. The second-order valence-electron chi connectivity index (χ2n) is 5.29. The van der Waals surface area contributed by atoms with E-state index in [0.29, 0.717) is 12.0 Å². The average molecular weight is 315 g/mol. The lowest BCUT2D eigenvalue weighted by atomic mass is 10.0. The monoisotopic (exact) mass is 315 g/mol. The highest BCUT2D eigenvalue weighted by atomic mass is 16.2. The Morgan fingerprint density at radius 3 is 2.70 bits per heavy atom. The number of rotatable bonds is 4. The van der Waals surface area contributed by atoms with Gasteiger partial charge in [0.2, 0.25) is 18.2 Å². The molecule has 0 aliphatic carbocycles. The number of imide groups is 2. The maximum absolute atomic E-state index is 12.6. The maximum Gasteiger partial charge on any atom is 0.262 e. The lowest BCUT2D eigenvalue weighted by molar-refractivity contribution is -0.136. The number of nitrogens with one attached hydrogen (secondary N) is 2. The number of carbonyl (C=O) groups excluding carboxylic acids is 5. The van der Waals surface area contributed by atoms with E-state index in [1.54, 1.807) is 12.1 Å². The van der Waals surface area contributed by atoms with Crippen molar-refractivity contribution in [2.75, 3.05) is 0 Å². The number of fused-ring (bicyclic) bond motifs is 1. The van der Waals surface area contributed by atoms with Gasteiger partial charge in [-0.05, 0) is 18.1 Å². The Bertz CT molecular complexity index is 743. The molecule has 1 unspecified atom stereocenters. The lowest BCUT2D eigenvalue weighted by Crippen LogP contribution is -2.54. The summed E-state index contributed by atoms with van der Waals surface area (Å²) in [5.41, 5.74) is 0.893. The molecule has 23 heavy (non-hydrogen) atoms. The highest BCUT2D eigenvalue weighted by molar-refractivity contribution is 6.24. The largest absolute Gasteiger partial charge is 0.355 e. The van der Waals surface area contributed by atoms with E-state index in [0.717, 1.165) is 4.90 Å². The Balaban J connectivity index is 1.96. The van der Waals surface area contributed by atoms with Gasteiger partial charge in [-0.25, -0.2) is 0 Å². The summed E-state index contributed by atoms with van der Waals surface area (Å²) in [6.45, 7) is 0.106. The van der Waals surface area contributed by atoms with Crippen molar-refractivity contribution in [2.24, 2.45) is 0 Å². The molecule has 1 aromatic carbocycles. The van der Waals surface area contributed by atoms with Gasteiger partial charge in [0.25, 0.3) is 11.8 Å². The summed E-state index contributed by atoms with van der Waals surface area (Å²) >= 11 is 0. The first-order valence-electron chi connectivity index (χ1n) is 7.05. The molecule has 8 nitrogen and oxygen atoms in total. The fourth-order valence-electron chi connectivity index (χ4n) is 2.88. The quantitative estimate of drug-likeness (QED) is 0.565. The van der Waals surface area contributed by atoms with Gasteiger partial charge in [0.1, 0.15) is 6.04 Å². The number of nitrogens with zero attached hydrogens (tertiary/aromatic N) is 1. The Morgan fingerprint density at radius 1 is 1.22 bits per heavy atom. The van der Waals surface area contributed by atoms with Gasteiger partial charge in [-0.15, -0.1) is 0 Å². The minimum absolute atomic E-state index is 0.0728. The fourth-order valence-corrected chi connectivity index (χ4v) is 2.88. The molecule has 1 fully saturated rings. The van der Waals surface area contributed by atoms with Crippen molar-refractivity contribution in [3.05, 3.63) is 34.9 Å². The van der Waals surface area contributed by atoms with Crippen LogP contribution in [0, 0.1) is 0 Å². The van der Waals surface area contributed by atoms with Crippen LogP contribution in [-0.2, 0) is 20.9 Å². The molecule has 2 aliphatic heterocycles. The Hall–Kier alpha value is -3.03. The molecule has 0 saturated carbocycles. The maximum atomic E-state index is 12.6. The molecule has 0 bridgehead atoms. The predicted octanol–water partition coefficient (Wildman–Crippen LogP) is -0.666. The smallest absolute Gasteiger partial charge is 0.262 e. The summed E-state index contributed by atoms with van der Waals surface area (Å²) in [5, 5.41) is 4.59. The highest BCUT2D eigenvalue weighted by Crippen LogP contribution is 2.29. The van der Waals surface area contributed by atoms with E-state index in [4.69, 9.17) is 0 Å². The van der Waals surface area contributed by atoms with Crippen LogP contribution in [-0.4, -0.2) is 41.0 Å². The van der Waals surface area contributed by atoms with E-state index in [-0.39, 0.29) is 30.5 Å². The van der Waals surface area contributed by atoms with Crippen LogP contribution in [0.2, 0.25) is 0 Å². The van der Waals surface area contributed by atoms with Crippen LogP contribution in [0.3, 0.4) is 0 Å². The zero-order valence-corrected chi connectivity index (χ0v) is 12.0. The third-order valence-electron chi connectivity index (χ3n) is 3.93. The summed E-state index contributed by atoms with van der Waals surface area (Å²) in [6.07, 6.45) is 0.681. The number of amides is 5. The highest BCUT2D eigenvalue weighted by Gasteiger charge is 2.45. The molecule has 3 rings (SSSR count). The van der Waals surface area contributed by atoms with E-state index in [9.17, 15) is 24.0 Å². The van der Waals surface area contributed by atoms with Gasteiger partial charge in [0, 0.05) is 13.0 Å². The van der Waals surface area contributed by atoms with E-state index in [1.165, 1.54) is 6.07 Å². The van der Waals surface area contributed by atoms with Crippen LogP contribution in [0.25, 0.3) is 0 Å². The number of hydrogen-bond donors (Lipinski definition) is 2. The third-order valence-corrected chi connectivity index (χ3v) is 3.93. The zero-order chi connectivity index (χ0) is 16.6. The number of benzene rings is 1. The third kappa shape index (κ3) is 2.37. The Kier molecular flexibility index (Phi) is 3.65. The van der Waals surface area contributed by atoms with Gasteiger partial charge in [0.15, 0.2) is 0 Å². The molecule has 8 heteroatoms. The van der Waals surface area contributed by atoms with E-state index in [1.807, 2.05) is 0 Å². The molecule has 1 saturated heterocycles. The lowest BCUT2D eigenvalue weighted by Gasteiger charge is -2.27. The molecule has 2 aliphatic rings. The van der Waals surface area contributed by atoms with Crippen LogP contribution in [0.5, 0.6) is 0 Å². The number of carbonyl (C=O) groups is 5. The van der Waals surface area contributed by atoms with Gasteiger partial charge in [-0.2, -0.15) is 0 Å². The first-order valence-corrected chi connectivity index (χ1v) is 7.05. The summed E-state index contributed by atoms with van der Waals surface area (Å²) in [4.78, 5) is 59.7. The molecular weight excluding hydrogens is 302 g/mol. The van der Waals surface area contributed by atoms with Gasteiger partial charge in [0.05, 0.1) is 11.1 Å². The van der Waals surface area contributed by atoms with Gasteiger partial charge in [-0.3, -0.25) is 34.2 Å². The number of piperidine rings is 1. The molecule has 1 atom stereocenters. The molecule has 2 heterocycles. The fraction of sp³-hybridized carbons (Fsp3) is 0.267. The summed E-state index contributed by atoms with van der Waals surface area (Å²) < 4.78 is 0. The molecule has 1 aromatic rings. The van der Waals surface area contributed by atoms with Crippen molar-refractivity contribution in [2.45, 2.75) is 25.4 Å². The van der Waals surface area contributed by atoms with Crippen LogP contribution in [0.1, 0.15) is 39.1 Å². The van der Waals surface area contributed by atoms with Crippen LogP contribution < -0.4 is 10.6 Å². The van der Waals surface area contributed by atoms with Crippen molar-refractivity contribution < 1.29 is 24.0 Å². The zero-order valence-electron chi connectivity index (χ0n) is 12.0. The average Bonchev–Trinajstić information content (AvgIpc) is 2.78. The SMILES string of the molecule is O=CNCc1cccc2c1C(=O)N(C1CCC(=O)NC1=O)C2=O. The minimum Gasteiger partial charge on any atom is -0.355 e. The molecule has 5 amide bonds. The van der Waals surface area contributed by atoms with Gasteiger partial charge in [-0.1, -0.05) is 12.1 Å². The van der Waals surface area contributed by atoms with Crippen LogP contribution in [0.4, 0.5) is 0 Å². The van der Waals surface area contributed by atoms with Crippen molar-refractivity contribution in [3.63, 3.8) is 0 Å². The Labute approximate surface area is 130 Å². The predicted molar refractivity (Wildman–Crippen MR) is 76.0 cm³/mol. The summed E-state index contributed by atoms with van der Waals surface area (Å²) in [5.74, 6) is -2.21. The second kappa shape index (κ2) is 5.64. The van der Waals surface area contributed by atoms with Crippen molar-refractivity contribution >= 4 is 30.0 Å². The Morgan fingerprint density at radius 2 is 2.00 bits per heavy atom. The van der Waals surface area contributed by atoms with E-state index < -0.39 is 29.7 Å². The standard InChI is InChI=1S/C15H13N3O5/c19-7-16-6-8-2-1-3-9-12(8)15(23)18(14(9)22)10-4-5-11(20)17-13(10)21/h1-3,7,10H,4-6H2,(H,16,19)(H,17,20,21).